The minimum Gasteiger partial charge on any atom is -0.426 e. The summed E-state index contributed by atoms with van der Waals surface area (Å²) < 4.78 is 10.3. The van der Waals surface area contributed by atoms with Crippen LogP contribution in [0.2, 0.25) is 0 Å². The van der Waals surface area contributed by atoms with Crippen molar-refractivity contribution in [3.8, 4) is 11.5 Å². The SMILES string of the molecule is CON[C@@H](CC(=O)Oc1ccccc1)C(=O)Oc1ccccc1. The molecule has 0 radical (unpaired) electrons. The van der Waals surface area contributed by atoms with Crippen molar-refractivity contribution in [1.29, 1.82) is 0 Å². The molecule has 0 bridgehead atoms. The largest absolute Gasteiger partial charge is 0.426 e. The van der Waals surface area contributed by atoms with Crippen molar-refractivity contribution < 1.29 is 23.9 Å². The van der Waals surface area contributed by atoms with Gasteiger partial charge in [0, 0.05) is 0 Å². The third-order valence-electron chi connectivity index (χ3n) is 2.85. The fourth-order valence-corrected chi connectivity index (χ4v) is 1.82. The average molecular weight is 315 g/mol. The summed E-state index contributed by atoms with van der Waals surface area (Å²) in [7, 11) is 1.35. The number of benzene rings is 2. The van der Waals surface area contributed by atoms with Crippen LogP contribution in [0.1, 0.15) is 6.42 Å². The molecular weight excluding hydrogens is 298 g/mol. The van der Waals surface area contributed by atoms with E-state index in [4.69, 9.17) is 14.3 Å². The van der Waals surface area contributed by atoms with E-state index in [1.54, 1.807) is 54.6 Å². The first-order valence-electron chi connectivity index (χ1n) is 7.00. The fourth-order valence-electron chi connectivity index (χ4n) is 1.82. The second-order valence-electron chi connectivity index (χ2n) is 4.60. The van der Waals surface area contributed by atoms with Gasteiger partial charge in [-0.1, -0.05) is 36.4 Å². The number of carbonyl (C=O) groups excluding carboxylic acids is 2. The summed E-state index contributed by atoms with van der Waals surface area (Å²) >= 11 is 0. The highest BCUT2D eigenvalue weighted by molar-refractivity contribution is 5.84. The maximum atomic E-state index is 12.1. The van der Waals surface area contributed by atoms with Gasteiger partial charge in [-0.15, -0.1) is 0 Å². The normalized spacial score (nSPS) is 11.5. The number of para-hydroxylation sites is 2. The number of hydroxylamine groups is 1. The van der Waals surface area contributed by atoms with Crippen LogP contribution in [0.4, 0.5) is 0 Å². The Balaban J connectivity index is 1.94. The summed E-state index contributed by atoms with van der Waals surface area (Å²) in [5, 5.41) is 0. The van der Waals surface area contributed by atoms with E-state index in [1.165, 1.54) is 7.11 Å². The van der Waals surface area contributed by atoms with Crippen molar-refractivity contribution in [2.45, 2.75) is 12.5 Å². The van der Waals surface area contributed by atoms with Crippen LogP contribution in [0.5, 0.6) is 11.5 Å². The zero-order chi connectivity index (χ0) is 16.5. The van der Waals surface area contributed by atoms with Crippen molar-refractivity contribution in [1.82, 2.24) is 5.48 Å². The Morgan fingerprint density at radius 1 is 0.913 bits per heavy atom. The predicted molar refractivity (Wildman–Crippen MR) is 82.7 cm³/mol. The Morgan fingerprint density at radius 2 is 1.43 bits per heavy atom. The molecule has 1 N–H and O–H groups in total. The standard InChI is InChI=1S/C17H17NO5/c1-21-18-15(17(20)23-14-10-6-3-7-11-14)12-16(19)22-13-8-4-2-5-9-13/h2-11,15,18H,12H2,1H3/t15-/m0/s1. The van der Waals surface area contributed by atoms with Crippen LogP contribution in [0.15, 0.2) is 60.7 Å². The van der Waals surface area contributed by atoms with Gasteiger partial charge in [-0.2, -0.15) is 5.48 Å². The molecule has 6 heteroatoms. The Labute approximate surface area is 133 Å². The molecule has 0 aliphatic rings. The van der Waals surface area contributed by atoms with E-state index in [1.807, 2.05) is 6.07 Å². The third-order valence-corrected chi connectivity index (χ3v) is 2.85. The minimum absolute atomic E-state index is 0.228. The summed E-state index contributed by atoms with van der Waals surface area (Å²) in [5.41, 5.74) is 2.44. The Bertz CT molecular complexity index is 630. The van der Waals surface area contributed by atoms with Crippen molar-refractivity contribution in [2.75, 3.05) is 7.11 Å². The van der Waals surface area contributed by atoms with Crippen molar-refractivity contribution in [3.05, 3.63) is 60.7 Å². The predicted octanol–water partition coefficient (Wildman–Crippen LogP) is 2.11. The third kappa shape index (κ3) is 5.54. The number of hydrogen-bond donors (Lipinski definition) is 1. The highest BCUT2D eigenvalue weighted by Crippen LogP contribution is 2.12. The lowest BCUT2D eigenvalue weighted by molar-refractivity contribution is -0.146. The smallest absolute Gasteiger partial charge is 0.331 e. The molecule has 2 rings (SSSR count). The number of hydrogen-bond acceptors (Lipinski definition) is 6. The van der Waals surface area contributed by atoms with E-state index in [-0.39, 0.29) is 6.42 Å². The van der Waals surface area contributed by atoms with E-state index in [0.29, 0.717) is 11.5 Å². The van der Waals surface area contributed by atoms with Gasteiger partial charge in [0.25, 0.3) is 0 Å². The molecule has 23 heavy (non-hydrogen) atoms. The van der Waals surface area contributed by atoms with Crippen molar-refractivity contribution >= 4 is 11.9 Å². The summed E-state index contributed by atoms with van der Waals surface area (Å²) in [6.07, 6.45) is -0.228. The summed E-state index contributed by atoms with van der Waals surface area (Å²) in [4.78, 5) is 28.8. The van der Waals surface area contributed by atoms with Crippen molar-refractivity contribution in [2.24, 2.45) is 0 Å². The zero-order valence-corrected chi connectivity index (χ0v) is 12.6. The monoisotopic (exact) mass is 315 g/mol. The molecule has 0 aromatic heterocycles. The summed E-state index contributed by atoms with van der Waals surface area (Å²) in [5.74, 6) is -0.416. The Morgan fingerprint density at radius 3 is 1.96 bits per heavy atom. The molecule has 0 saturated heterocycles. The molecule has 0 heterocycles. The molecule has 0 unspecified atom stereocenters. The highest BCUT2D eigenvalue weighted by Gasteiger charge is 2.25. The lowest BCUT2D eigenvalue weighted by Gasteiger charge is -2.15. The summed E-state index contributed by atoms with van der Waals surface area (Å²) in [6.45, 7) is 0. The van der Waals surface area contributed by atoms with Gasteiger partial charge in [-0.3, -0.25) is 4.79 Å². The molecule has 0 spiro atoms. The fraction of sp³-hybridized carbons (Fsp3) is 0.176. The first-order valence-corrected chi connectivity index (χ1v) is 7.00. The zero-order valence-electron chi connectivity index (χ0n) is 12.6. The second-order valence-corrected chi connectivity index (χ2v) is 4.60. The van der Waals surface area contributed by atoms with E-state index >= 15 is 0 Å². The molecule has 0 fully saturated rings. The van der Waals surface area contributed by atoms with E-state index < -0.39 is 18.0 Å². The maximum absolute atomic E-state index is 12.1. The Hall–Kier alpha value is -2.70. The molecule has 2 aromatic carbocycles. The van der Waals surface area contributed by atoms with Gasteiger partial charge < -0.3 is 14.3 Å². The van der Waals surface area contributed by atoms with Gasteiger partial charge in [0.2, 0.25) is 0 Å². The molecule has 0 amide bonds. The van der Waals surface area contributed by atoms with E-state index in [9.17, 15) is 9.59 Å². The number of nitrogens with one attached hydrogen (secondary N) is 1. The summed E-state index contributed by atoms with van der Waals surface area (Å²) in [6, 6.07) is 16.2. The minimum atomic E-state index is -0.976. The molecule has 6 nitrogen and oxygen atoms in total. The van der Waals surface area contributed by atoms with Crippen LogP contribution in [-0.4, -0.2) is 25.1 Å². The molecule has 120 valence electrons. The first kappa shape index (κ1) is 16.7. The molecule has 0 aliphatic carbocycles. The van der Waals surface area contributed by atoms with Gasteiger partial charge in [-0.25, -0.2) is 4.79 Å². The van der Waals surface area contributed by atoms with Gasteiger partial charge in [0.1, 0.15) is 17.5 Å². The van der Waals surface area contributed by atoms with E-state index in [2.05, 4.69) is 5.48 Å². The van der Waals surface area contributed by atoms with Gasteiger partial charge >= 0.3 is 11.9 Å². The molecule has 2 aromatic rings. The topological polar surface area (TPSA) is 73.9 Å². The lowest BCUT2D eigenvalue weighted by Crippen LogP contribution is -2.41. The quantitative estimate of drug-likeness (QED) is 0.479. The van der Waals surface area contributed by atoms with Crippen LogP contribution in [0, 0.1) is 0 Å². The molecular formula is C17H17NO5. The number of esters is 2. The maximum Gasteiger partial charge on any atom is 0.331 e. The molecule has 0 aliphatic heterocycles. The van der Waals surface area contributed by atoms with E-state index in [0.717, 1.165) is 0 Å². The molecule has 1 atom stereocenters. The van der Waals surface area contributed by atoms with Crippen LogP contribution in [0.3, 0.4) is 0 Å². The second kappa shape index (κ2) is 8.67. The van der Waals surface area contributed by atoms with Gasteiger partial charge in [-0.05, 0) is 24.3 Å². The van der Waals surface area contributed by atoms with Gasteiger partial charge in [0.05, 0.1) is 13.5 Å². The van der Waals surface area contributed by atoms with Crippen LogP contribution in [0.25, 0.3) is 0 Å². The van der Waals surface area contributed by atoms with Crippen LogP contribution < -0.4 is 15.0 Å². The Kier molecular flexibility index (Phi) is 6.28. The highest BCUT2D eigenvalue weighted by atomic mass is 16.6. The van der Waals surface area contributed by atoms with Crippen LogP contribution >= 0.6 is 0 Å². The number of carbonyl (C=O) groups is 2. The first-order chi connectivity index (χ1) is 11.2. The average Bonchev–Trinajstić information content (AvgIpc) is 2.56. The molecule has 0 saturated carbocycles. The van der Waals surface area contributed by atoms with Crippen LogP contribution in [-0.2, 0) is 14.4 Å². The lowest BCUT2D eigenvalue weighted by atomic mass is 10.2. The number of rotatable bonds is 7. The number of ether oxygens (including phenoxy) is 2. The van der Waals surface area contributed by atoms with Gasteiger partial charge in [0.15, 0.2) is 0 Å². The van der Waals surface area contributed by atoms with Crippen molar-refractivity contribution in [3.63, 3.8) is 0 Å².